The molecule has 2 rings (SSSR count). The third-order valence-electron chi connectivity index (χ3n) is 3.50. The number of aromatic nitrogens is 1. The van der Waals surface area contributed by atoms with Crippen LogP contribution in [0.2, 0.25) is 0 Å². The number of hydrogen-bond donors (Lipinski definition) is 1. The smallest absolute Gasteiger partial charge is 0.0491 e. The van der Waals surface area contributed by atoms with Crippen LogP contribution in [0.1, 0.15) is 32.0 Å². The molecule has 18 heavy (non-hydrogen) atoms. The van der Waals surface area contributed by atoms with E-state index in [9.17, 15) is 0 Å². The fourth-order valence-corrected chi connectivity index (χ4v) is 3.11. The lowest BCUT2D eigenvalue weighted by Gasteiger charge is -2.19. The minimum absolute atomic E-state index is 0.178. The first-order valence-corrected chi connectivity index (χ1v) is 7.13. The Morgan fingerprint density at radius 2 is 1.94 bits per heavy atom. The maximum Gasteiger partial charge on any atom is 0.0491 e. The predicted molar refractivity (Wildman–Crippen MR) is 82.1 cm³/mol. The number of nitrogens with zero attached hydrogens (tertiary/aromatic N) is 1. The second-order valence-corrected chi connectivity index (χ2v) is 6.63. The quantitative estimate of drug-likeness (QED) is 0.900. The number of halogens is 1. The van der Waals surface area contributed by atoms with Crippen LogP contribution in [0, 0.1) is 0 Å². The van der Waals surface area contributed by atoms with Crippen LogP contribution >= 0.6 is 15.9 Å². The van der Waals surface area contributed by atoms with Gasteiger partial charge in [0.25, 0.3) is 0 Å². The highest BCUT2D eigenvalue weighted by atomic mass is 79.9. The average Bonchev–Trinajstić information content (AvgIpc) is 2.53. The van der Waals surface area contributed by atoms with E-state index in [4.69, 9.17) is 5.73 Å². The maximum atomic E-state index is 5.69. The Kier molecular flexibility index (Phi) is 3.56. The van der Waals surface area contributed by atoms with Gasteiger partial charge in [0.1, 0.15) is 0 Å². The monoisotopic (exact) mass is 308 g/mol. The van der Waals surface area contributed by atoms with E-state index in [1.54, 1.807) is 0 Å². The van der Waals surface area contributed by atoms with Crippen LogP contribution in [-0.4, -0.2) is 11.1 Å². The lowest BCUT2D eigenvalue weighted by molar-refractivity contribution is 0.591. The molecule has 0 aliphatic heterocycles. The Bertz CT molecular complexity index is 576. The van der Waals surface area contributed by atoms with Gasteiger partial charge in [-0.1, -0.05) is 26.8 Å². The summed E-state index contributed by atoms with van der Waals surface area (Å²) in [6, 6.07) is 6.72. The molecule has 0 amide bonds. The van der Waals surface area contributed by atoms with E-state index >= 15 is 0 Å². The van der Waals surface area contributed by atoms with Crippen molar-refractivity contribution in [1.82, 2.24) is 4.57 Å². The summed E-state index contributed by atoms with van der Waals surface area (Å²) in [6.45, 7) is 7.40. The van der Waals surface area contributed by atoms with Crippen molar-refractivity contribution in [3.8, 4) is 0 Å². The Labute approximate surface area is 117 Å². The first-order chi connectivity index (χ1) is 8.36. The van der Waals surface area contributed by atoms with Gasteiger partial charge in [-0.25, -0.2) is 0 Å². The van der Waals surface area contributed by atoms with Gasteiger partial charge in [-0.05, 0) is 45.6 Å². The van der Waals surface area contributed by atoms with Crippen LogP contribution in [0.5, 0.6) is 0 Å². The molecule has 0 bridgehead atoms. The molecular formula is C15H21BrN2. The highest BCUT2D eigenvalue weighted by Crippen LogP contribution is 2.34. The van der Waals surface area contributed by atoms with Gasteiger partial charge in [0.05, 0.1) is 0 Å². The number of hydrogen-bond acceptors (Lipinski definition) is 1. The molecule has 2 nitrogen and oxygen atoms in total. The molecule has 0 fully saturated rings. The van der Waals surface area contributed by atoms with E-state index in [2.05, 4.69) is 66.5 Å². The van der Waals surface area contributed by atoms with E-state index in [0.29, 0.717) is 6.54 Å². The third kappa shape index (κ3) is 2.21. The topological polar surface area (TPSA) is 30.9 Å². The number of rotatable bonds is 2. The lowest BCUT2D eigenvalue weighted by atomic mass is 9.86. The molecule has 98 valence electrons. The third-order valence-corrected chi connectivity index (χ3v) is 4.38. The molecule has 1 aromatic carbocycles. The zero-order valence-corrected chi connectivity index (χ0v) is 13.1. The van der Waals surface area contributed by atoms with Crippen LogP contribution in [0.3, 0.4) is 0 Å². The van der Waals surface area contributed by atoms with Gasteiger partial charge in [-0.2, -0.15) is 0 Å². The van der Waals surface area contributed by atoms with Gasteiger partial charge in [-0.3, -0.25) is 0 Å². The highest BCUT2D eigenvalue weighted by molar-refractivity contribution is 9.10. The fraction of sp³-hybridized carbons (Fsp3) is 0.467. The summed E-state index contributed by atoms with van der Waals surface area (Å²) in [6.07, 6.45) is 0.899. The molecule has 3 heteroatoms. The van der Waals surface area contributed by atoms with Crippen LogP contribution in [-0.2, 0) is 18.9 Å². The number of benzene rings is 1. The molecule has 0 aliphatic carbocycles. The molecule has 0 radical (unpaired) electrons. The molecule has 0 atom stereocenters. The molecule has 2 aromatic rings. The Hall–Kier alpha value is -0.800. The molecule has 2 N–H and O–H groups in total. The second-order valence-electron chi connectivity index (χ2n) is 5.84. The molecule has 0 aliphatic rings. The van der Waals surface area contributed by atoms with Gasteiger partial charge in [0.2, 0.25) is 0 Å². The van der Waals surface area contributed by atoms with Crippen molar-refractivity contribution in [2.24, 2.45) is 12.8 Å². The SMILES string of the molecule is Cn1c(CCN)c(Br)c2cc(C(C)(C)C)ccc21. The summed E-state index contributed by atoms with van der Waals surface area (Å²) in [4.78, 5) is 0. The summed E-state index contributed by atoms with van der Waals surface area (Å²) in [5, 5.41) is 1.29. The van der Waals surface area contributed by atoms with Crippen molar-refractivity contribution in [2.45, 2.75) is 32.6 Å². The van der Waals surface area contributed by atoms with E-state index in [1.165, 1.54) is 26.6 Å². The van der Waals surface area contributed by atoms with Gasteiger partial charge >= 0.3 is 0 Å². The Morgan fingerprint density at radius 3 is 2.50 bits per heavy atom. The fourth-order valence-electron chi connectivity index (χ4n) is 2.33. The number of nitrogens with two attached hydrogens (primary N) is 1. The zero-order chi connectivity index (χ0) is 13.5. The van der Waals surface area contributed by atoms with Gasteiger partial charge in [0.15, 0.2) is 0 Å². The van der Waals surface area contributed by atoms with Crippen molar-refractivity contribution < 1.29 is 0 Å². The molecular weight excluding hydrogens is 288 g/mol. The Morgan fingerprint density at radius 1 is 1.28 bits per heavy atom. The van der Waals surface area contributed by atoms with E-state index < -0.39 is 0 Å². The van der Waals surface area contributed by atoms with E-state index in [0.717, 1.165) is 6.42 Å². The first-order valence-electron chi connectivity index (χ1n) is 6.33. The van der Waals surface area contributed by atoms with Crippen LogP contribution in [0.15, 0.2) is 22.7 Å². The largest absolute Gasteiger partial charge is 0.346 e. The van der Waals surface area contributed by atoms with E-state index in [-0.39, 0.29) is 5.41 Å². The van der Waals surface area contributed by atoms with Crippen molar-refractivity contribution in [1.29, 1.82) is 0 Å². The van der Waals surface area contributed by atoms with Crippen LogP contribution < -0.4 is 5.73 Å². The minimum atomic E-state index is 0.178. The first kappa shape index (κ1) is 13.6. The number of fused-ring (bicyclic) bond motifs is 1. The molecule has 0 saturated heterocycles. The summed E-state index contributed by atoms with van der Waals surface area (Å²) in [5.74, 6) is 0. The molecule has 0 saturated carbocycles. The minimum Gasteiger partial charge on any atom is -0.346 e. The summed E-state index contributed by atoms with van der Waals surface area (Å²) in [7, 11) is 2.11. The maximum absolute atomic E-state index is 5.69. The van der Waals surface area contributed by atoms with Crippen molar-refractivity contribution in [3.05, 3.63) is 33.9 Å². The van der Waals surface area contributed by atoms with Gasteiger partial charge < -0.3 is 10.3 Å². The van der Waals surface area contributed by atoms with Gasteiger partial charge in [0, 0.05) is 34.5 Å². The summed E-state index contributed by atoms with van der Waals surface area (Å²) in [5.41, 5.74) is 9.76. The Balaban J connectivity index is 2.67. The van der Waals surface area contributed by atoms with Crippen molar-refractivity contribution in [3.63, 3.8) is 0 Å². The van der Waals surface area contributed by atoms with Gasteiger partial charge in [-0.15, -0.1) is 0 Å². The zero-order valence-electron chi connectivity index (χ0n) is 11.5. The second kappa shape index (κ2) is 4.71. The van der Waals surface area contributed by atoms with Crippen LogP contribution in [0.25, 0.3) is 10.9 Å². The molecule has 1 aromatic heterocycles. The molecule has 0 unspecified atom stereocenters. The molecule has 0 spiro atoms. The highest BCUT2D eigenvalue weighted by Gasteiger charge is 2.17. The average molecular weight is 309 g/mol. The normalized spacial score (nSPS) is 12.3. The predicted octanol–water partition coefficient (Wildman–Crippen LogP) is 3.74. The van der Waals surface area contributed by atoms with E-state index in [1.807, 2.05) is 0 Å². The van der Waals surface area contributed by atoms with Crippen molar-refractivity contribution in [2.75, 3.05) is 6.54 Å². The summed E-state index contributed by atoms with van der Waals surface area (Å²) >= 11 is 3.73. The molecule has 1 heterocycles. The standard InChI is InChI=1S/C15H21BrN2/c1-15(2,3)10-5-6-12-11(9-10)14(16)13(7-8-17)18(12)4/h5-6,9H,7-8,17H2,1-4H3. The van der Waals surface area contributed by atoms with Crippen molar-refractivity contribution >= 4 is 26.8 Å². The lowest BCUT2D eigenvalue weighted by Crippen LogP contribution is -2.10. The number of aryl methyl sites for hydroxylation is 1. The van der Waals surface area contributed by atoms with Crippen LogP contribution in [0.4, 0.5) is 0 Å². The summed E-state index contributed by atoms with van der Waals surface area (Å²) < 4.78 is 3.43.